The quantitative estimate of drug-likeness (QED) is 0.791. The van der Waals surface area contributed by atoms with E-state index >= 15 is 0 Å². The largest absolute Gasteiger partial charge is 0.383 e. The maximum absolute atomic E-state index is 11.8. The summed E-state index contributed by atoms with van der Waals surface area (Å²) in [4.78, 5) is 4.11. The summed E-state index contributed by atoms with van der Waals surface area (Å²) in [6.07, 6.45) is 3.00. The molecular weight excluding hydrogens is 254 g/mol. The van der Waals surface area contributed by atoms with Crippen molar-refractivity contribution < 1.29 is 13.2 Å². The van der Waals surface area contributed by atoms with Crippen LogP contribution in [0.2, 0.25) is 0 Å². The molecule has 0 saturated heterocycles. The molecule has 3 N–H and O–H groups in total. The van der Waals surface area contributed by atoms with Crippen LogP contribution >= 0.6 is 0 Å². The van der Waals surface area contributed by atoms with Crippen LogP contribution < -0.4 is 10.5 Å². The van der Waals surface area contributed by atoms with Gasteiger partial charge in [-0.05, 0) is 25.0 Å². The number of anilines is 1. The van der Waals surface area contributed by atoms with Crippen LogP contribution in [0, 0.1) is 0 Å². The molecule has 18 heavy (non-hydrogen) atoms. The van der Waals surface area contributed by atoms with Gasteiger partial charge in [-0.2, -0.15) is 0 Å². The van der Waals surface area contributed by atoms with Gasteiger partial charge >= 0.3 is 0 Å². The fraction of sp³-hybridized carbons (Fsp3) is 0.545. The van der Waals surface area contributed by atoms with Gasteiger partial charge < -0.3 is 10.5 Å². The lowest BCUT2D eigenvalue weighted by Crippen LogP contribution is -2.20. The molecule has 1 aliphatic rings. The first-order valence-electron chi connectivity index (χ1n) is 5.75. The highest BCUT2D eigenvalue weighted by atomic mass is 32.2. The minimum absolute atomic E-state index is 0.248. The molecule has 1 aromatic rings. The van der Waals surface area contributed by atoms with E-state index < -0.39 is 10.0 Å². The first kappa shape index (κ1) is 13.3. The standard InChI is InChI=1S/C11H17N3O3S/c1-17-7-10(12)11-6-8(4-5-13-11)14-18(15,16)9-2-3-9/h4-6,9-10H,2-3,7,12H2,1H3,(H,13,14). The fourth-order valence-corrected chi connectivity index (χ4v) is 2.98. The van der Waals surface area contributed by atoms with E-state index in [0.717, 1.165) is 12.8 Å². The zero-order valence-electron chi connectivity index (χ0n) is 10.2. The second kappa shape index (κ2) is 5.21. The third-order valence-electron chi connectivity index (χ3n) is 2.73. The van der Waals surface area contributed by atoms with Gasteiger partial charge in [-0.15, -0.1) is 0 Å². The monoisotopic (exact) mass is 271 g/mol. The van der Waals surface area contributed by atoms with E-state index in [1.807, 2.05) is 0 Å². The van der Waals surface area contributed by atoms with Crippen molar-refractivity contribution in [3.63, 3.8) is 0 Å². The summed E-state index contributed by atoms with van der Waals surface area (Å²) in [5, 5.41) is -0.248. The number of ether oxygens (including phenoxy) is 1. The van der Waals surface area contributed by atoms with Gasteiger partial charge in [-0.1, -0.05) is 0 Å². The molecule has 1 heterocycles. The molecule has 0 amide bonds. The average molecular weight is 271 g/mol. The molecule has 1 saturated carbocycles. The molecule has 0 radical (unpaired) electrons. The van der Waals surface area contributed by atoms with Crippen molar-refractivity contribution in [2.45, 2.75) is 24.1 Å². The van der Waals surface area contributed by atoms with Crippen molar-refractivity contribution in [1.29, 1.82) is 0 Å². The van der Waals surface area contributed by atoms with Crippen molar-refractivity contribution in [3.05, 3.63) is 24.0 Å². The van der Waals surface area contributed by atoms with Gasteiger partial charge in [0.05, 0.1) is 29.3 Å². The lowest BCUT2D eigenvalue weighted by molar-refractivity contribution is 0.179. The van der Waals surface area contributed by atoms with E-state index in [9.17, 15) is 8.42 Å². The number of nitrogens with one attached hydrogen (secondary N) is 1. The molecule has 1 aromatic heterocycles. The van der Waals surface area contributed by atoms with Gasteiger partial charge in [0.25, 0.3) is 0 Å². The molecule has 0 aliphatic heterocycles. The van der Waals surface area contributed by atoms with Gasteiger partial charge in [-0.25, -0.2) is 8.42 Å². The number of aromatic nitrogens is 1. The highest BCUT2D eigenvalue weighted by Crippen LogP contribution is 2.29. The van der Waals surface area contributed by atoms with Crippen LogP contribution in [0.5, 0.6) is 0 Å². The van der Waals surface area contributed by atoms with Gasteiger partial charge in [0.2, 0.25) is 10.0 Å². The predicted octanol–water partition coefficient (Wildman–Crippen LogP) is 0.632. The van der Waals surface area contributed by atoms with Crippen LogP contribution in [-0.2, 0) is 14.8 Å². The van der Waals surface area contributed by atoms with E-state index in [-0.39, 0.29) is 11.3 Å². The Morgan fingerprint density at radius 2 is 2.33 bits per heavy atom. The lowest BCUT2D eigenvalue weighted by Gasteiger charge is -2.12. The van der Waals surface area contributed by atoms with Crippen LogP contribution in [0.25, 0.3) is 0 Å². The van der Waals surface area contributed by atoms with Crippen LogP contribution in [0.4, 0.5) is 5.69 Å². The first-order valence-corrected chi connectivity index (χ1v) is 7.29. The smallest absolute Gasteiger partial charge is 0.235 e. The SMILES string of the molecule is COCC(N)c1cc(NS(=O)(=O)C2CC2)ccn1. The zero-order valence-corrected chi connectivity index (χ0v) is 11.0. The first-order chi connectivity index (χ1) is 8.53. The lowest BCUT2D eigenvalue weighted by atomic mass is 10.2. The Morgan fingerprint density at radius 3 is 2.94 bits per heavy atom. The molecule has 0 aromatic carbocycles. The number of hydrogen-bond donors (Lipinski definition) is 2. The van der Waals surface area contributed by atoms with E-state index in [0.29, 0.717) is 18.0 Å². The van der Waals surface area contributed by atoms with E-state index in [4.69, 9.17) is 10.5 Å². The van der Waals surface area contributed by atoms with Crippen LogP contribution in [0.1, 0.15) is 24.6 Å². The number of sulfonamides is 1. The second-order valence-corrected chi connectivity index (χ2v) is 6.34. The van der Waals surface area contributed by atoms with Crippen molar-refractivity contribution >= 4 is 15.7 Å². The molecule has 7 heteroatoms. The summed E-state index contributed by atoms with van der Waals surface area (Å²) in [6.45, 7) is 0.339. The molecular formula is C11H17N3O3S. The maximum atomic E-state index is 11.8. The minimum Gasteiger partial charge on any atom is -0.383 e. The Labute approximate surface area is 107 Å². The van der Waals surface area contributed by atoms with E-state index in [1.165, 1.54) is 6.20 Å². The molecule has 1 fully saturated rings. The Kier molecular flexibility index (Phi) is 3.84. The van der Waals surface area contributed by atoms with Crippen molar-refractivity contribution in [2.75, 3.05) is 18.4 Å². The average Bonchev–Trinajstić information content (AvgIpc) is 3.13. The Bertz CT molecular complexity index is 514. The minimum atomic E-state index is -3.24. The van der Waals surface area contributed by atoms with E-state index in [1.54, 1.807) is 19.2 Å². The number of nitrogens with two attached hydrogens (primary N) is 1. The van der Waals surface area contributed by atoms with Crippen LogP contribution in [0.15, 0.2) is 18.3 Å². The third-order valence-corrected chi connectivity index (χ3v) is 4.60. The molecule has 0 spiro atoms. The number of nitrogens with zero attached hydrogens (tertiary/aromatic N) is 1. The Morgan fingerprint density at radius 1 is 1.61 bits per heavy atom. The Balaban J connectivity index is 2.12. The predicted molar refractivity (Wildman–Crippen MR) is 68.6 cm³/mol. The summed E-state index contributed by atoms with van der Waals surface area (Å²) >= 11 is 0. The fourth-order valence-electron chi connectivity index (χ4n) is 1.61. The van der Waals surface area contributed by atoms with Gasteiger partial charge in [0.1, 0.15) is 0 Å². The number of rotatable bonds is 6. The summed E-state index contributed by atoms with van der Waals surface area (Å²) < 4.78 is 31.1. The van der Waals surface area contributed by atoms with Crippen molar-refractivity contribution in [3.8, 4) is 0 Å². The molecule has 6 nitrogen and oxygen atoms in total. The van der Waals surface area contributed by atoms with Gasteiger partial charge in [0.15, 0.2) is 0 Å². The van der Waals surface area contributed by atoms with Crippen molar-refractivity contribution in [1.82, 2.24) is 4.98 Å². The number of pyridine rings is 1. The molecule has 0 bridgehead atoms. The Hall–Kier alpha value is -1.18. The molecule has 1 aliphatic carbocycles. The second-order valence-electron chi connectivity index (χ2n) is 4.38. The molecule has 2 rings (SSSR count). The van der Waals surface area contributed by atoms with Gasteiger partial charge in [0, 0.05) is 13.3 Å². The third kappa shape index (κ3) is 3.18. The van der Waals surface area contributed by atoms with Crippen LogP contribution in [0.3, 0.4) is 0 Å². The highest BCUT2D eigenvalue weighted by Gasteiger charge is 2.35. The van der Waals surface area contributed by atoms with E-state index in [2.05, 4.69) is 9.71 Å². The van der Waals surface area contributed by atoms with Crippen molar-refractivity contribution in [2.24, 2.45) is 5.73 Å². The van der Waals surface area contributed by atoms with Gasteiger partial charge in [-0.3, -0.25) is 9.71 Å². The van der Waals surface area contributed by atoms with Crippen LogP contribution in [-0.4, -0.2) is 32.4 Å². The summed E-state index contributed by atoms with van der Waals surface area (Å²) in [5.74, 6) is 0. The highest BCUT2D eigenvalue weighted by molar-refractivity contribution is 7.93. The number of hydrogen-bond acceptors (Lipinski definition) is 5. The molecule has 1 atom stereocenters. The number of methoxy groups -OCH3 is 1. The topological polar surface area (TPSA) is 94.3 Å². The maximum Gasteiger partial charge on any atom is 0.235 e. The molecule has 100 valence electrons. The summed E-state index contributed by atoms with van der Waals surface area (Å²) in [7, 11) is -1.69. The zero-order chi connectivity index (χ0) is 13.2. The normalized spacial score (nSPS) is 17.4. The summed E-state index contributed by atoms with van der Waals surface area (Å²) in [6, 6.07) is 2.90. The summed E-state index contributed by atoms with van der Waals surface area (Å²) in [5.41, 5.74) is 6.95. The molecule has 1 unspecified atom stereocenters.